The van der Waals surface area contributed by atoms with E-state index >= 15 is 0 Å². The molecule has 2 aromatic carbocycles. The number of benzene rings is 2. The summed E-state index contributed by atoms with van der Waals surface area (Å²) >= 11 is 0. The van der Waals surface area contributed by atoms with Crippen LogP contribution in [0.5, 0.6) is 5.75 Å². The lowest BCUT2D eigenvalue weighted by molar-refractivity contribution is -0.139. The molecule has 0 unspecified atom stereocenters. The fourth-order valence-electron chi connectivity index (χ4n) is 4.76. The van der Waals surface area contributed by atoms with Crippen molar-refractivity contribution >= 4 is 28.4 Å². The summed E-state index contributed by atoms with van der Waals surface area (Å²) in [5, 5.41) is 0.557. The number of ether oxygens (including phenoxy) is 1. The maximum atomic E-state index is 13.4. The first kappa shape index (κ1) is 22.1. The van der Waals surface area contributed by atoms with E-state index in [-0.39, 0.29) is 30.3 Å². The minimum Gasteiger partial charge on any atom is -0.476 e. The van der Waals surface area contributed by atoms with Gasteiger partial charge in [-0.25, -0.2) is 4.98 Å². The summed E-state index contributed by atoms with van der Waals surface area (Å²) in [6.07, 6.45) is 2.88. The van der Waals surface area contributed by atoms with Crippen molar-refractivity contribution in [2.75, 3.05) is 24.5 Å². The van der Waals surface area contributed by atoms with Crippen molar-refractivity contribution in [2.24, 2.45) is 7.05 Å². The number of carbonyl (C=O) groups excluding carboxylic acids is 2. The van der Waals surface area contributed by atoms with Crippen LogP contribution >= 0.6 is 0 Å². The van der Waals surface area contributed by atoms with Crippen LogP contribution in [0.1, 0.15) is 31.5 Å². The van der Waals surface area contributed by atoms with Gasteiger partial charge in [-0.1, -0.05) is 24.3 Å². The number of rotatable bonds is 4. The highest BCUT2D eigenvalue weighted by atomic mass is 16.5. The maximum Gasteiger partial charge on any atom is 0.265 e. The van der Waals surface area contributed by atoms with E-state index in [1.165, 1.54) is 4.57 Å². The first-order valence-electron chi connectivity index (χ1n) is 11.8. The lowest BCUT2D eigenvalue weighted by Gasteiger charge is -2.37. The molecule has 34 heavy (non-hydrogen) atoms. The van der Waals surface area contributed by atoms with Crippen molar-refractivity contribution in [3.05, 3.63) is 64.7 Å². The van der Waals surface area contributed by atoms with Crippen molar-refractivity contribution in [1.82, 2.24) is 14.5 Å². The summed E-state index contributed by atoms with van der Waals surface area (Å²) in [4.78, 5) is 47.3. The Morgan fingerprint density at radius 1 is 1.03 bits per heavy atom. The van der Waals surface area contributed by atoms with Crippen LogP contribution in [0.25, 0.3) is 10.9 Å². The zero-order valence-corrected chi connectivity index (χ0v) is 19.3. The van der Waals surface area contributed by atoms with Crippen molar-refractivity contribution in [2.45, 2.75) is 38.2 Å². The van der Waals surface area contributed by atoms with Crippen LogP contribution in [-0.2, 0) is 23.1 Å². The molecular formula is C26H28N4O4. The van der Waals surface area contributed by atoms with Crippen molar-refractivity contribution < 1.29 is 14.3 Å². The van der Waals surface area contributed by atoms with Gasteiger partial charge >= 0.3 is 0 Å². The Morgan fingerprint density at radius 2 is 1.76 bits per heavy atom. The third kappa shape index (κ3) is 4.16. The van der Waals surface area contributed by atoms with Gasteiger partial charge in [0.15, 0.2) is 6.10 Å². The molecule has 0 spiro atoms. The Bertz CT molecular complexity index is 1300. The molecular weight excluding hydrogens is 432 g/mol. The Kier molecular flexibility index (Phi) is 6.04. The molecule has 0 N–H and O–H groups in total. The molecule has 0 bridgehead atoms. The molecule has 0 radical (unpaired) electrons. The molecule has 3 aromatic rings. The normalized spacial score (nSPS) is 17.9. The number of amides is 2. The number of anilines is 1. The molecule has 1 aromatic heterocycles. The van der Waals surface area contributed by atoms with Crippen LogP contribution in [0.15, 0.2) is 53.3 Å². The second-order valence-corrected chi connectivity index (χ2v) is 8.87. The molecule has 2 aliphatic heterocycles. The Labute approximate surface area is 197 Å². The highest BCUT2D eigenvalue weighted by Gasteiger charge is 2.36. The van der Waals surface area contributed by atoms with Crippen molar-refractivity contribution in [3.63, 3.8) is 0 Å². The standard InChI is InChI=1S/C26H28N4O4/c1-28-23(27-19-10-4-3-9-18(19)25(28)32)13-14-24(31)30-17-22(26(33)29-15-7-2-8-16-29)34-21-12-6-5-11-20(21)30/h3-6,9-12,22H,2,7-8,13-17H2,1H3/t22-/m0/s1. The smallest absolute Gasteiger partial charge is 0.265 e. The summed E-state index contributed by atoms with van der Waals surface area (Å²) in [6, 6.07) is 14.5. The molecule has 0 saturated carbocycles. The summed E-state index contributed by atoms with van der Waals surface area (Å²) in [7, 11) is 1.68. The van der Waals surface area contributed by atoms with E-state index in [2.05, 4.69) is 4.98 Å². The monoisotopic (exact) mass is 460 g/mol. The molecule has 1 saturated heterocycles. The number of hydrogen-bond donors (Lipinski definition) is 0. The van der Waals surface area contributed by atoms with Crippen LogP contribution < -0.4 is 15.2 Å². The average molecular weight is 461 g/mol. The first-order chi connectivity index (χ1) is 16.5. The topological polar surface area (TPSA) is 84.7 Å². The average Bonchev–Trinajstić information content (AvgIpc) is 2.89. The number of fused-ring (bicyclic) bond motifs is 2. The zero-order valence-electron chi connectivity index (χ0n) is 19.3. The van der Waals surface area contributed by atoms with E-state index in [0.29, 0.717) is 34.6 Å². The Balaban J connectivity index is 1.36. The number of aryl methyl sites for hydroxylation is 1. The highest BCUT2D eigenvalue weighted by molar-refractivity contribution is 5.97. The molecule has 3 heterocycles. The highest BCUT2D eigenvalue weighted by Crippen LogP contribution is 2.34. The van der Waals surface area contributed by atoms with Gasteiger partial charge in [0, 0.05) is 33.0 Å². The number of hydrogen-bond acceptors (Lipinski definition) is 5. The molecule has 8 heteroatoms. The van der Waals surface area contributed by atoms with Gasteiger partial charge in [0.2, 0.25) is 5.91 Å². The number of para-hydroxylation sites is 3. The van der Waals surface area contributed by atoms with Crippen LogP contribution in [0.3, 0.4) is 0 Å². The summed E-state index contributed by atoms with van der Waals surface area (Å²) in [5.74, 6) is 0.897. The third-order valence-corrected chi connectivity index (χ3v) is 6.66. The minimum atomic E-state index is -0.722. The van der Waals surface area contributed by atoms with Crippen LogP contribution in [-0.4, -0.2) is 52.0 Å². The van der Waals surface area contributed by atoms with E-state index < -0.39 is 6.10 Å². The summed E-state index contributed by atoms with van der Waals surface area (Å²) in [5.41, 5.74) is 1.16. The molecule has 1 fully saturated rings. The van der Waals surface area contributed by atoms with E-state index in [9.17, 15) is 14.4 Å². The second-order valence-electron chi connectivity index (χ2n) is 8.87. The summed E-state index contributed by atoms with van der Waals surface area (Å²) in [6.45, 7) is 1.64. The lowest BCUT2D eigenvalue weighted by Crippen LogP contribution is -2.52. The fourth-order valence-corrected chi connectivity index (χ4v) is 4.76. The molecule has 8 nitrogen and oxygen atoms in total. The zero-order chi connectivity index (χ0) is 23.7. The van der Waals surface area contributed by atoms with E-state index in [1.807, 2.05) is 35.2 Å². The van der Waals surface area contributed by atoms with Crippen LogP contribution in [0.2, 0.25) is 0 Å². The largest absolute Gasteiger partial charge is 0.476 e. The number of piperidine rings is 1. The van der Waals surface area contributed by atoms with Gasteiger partial charge in [-0.05, 0) is 43.5 Å². The molecule has 2 aliphatic rings. The van der Waals surface area contributed by atoms with Gasteiger partial charge in [-0.2, -0.15) is 0 Å². The SMILES string of the molecule is Cn1c(CCC(=O)N2C[C@@H](C(=O)N3CCCCC3)Oc3ccccc32)nc2ccccc2c1=O. The van der Waals surface area contributed by atoms with Gasteiger partial charge in [0.25, 0.3) is 11.5 Å². The molecule has 1 atom stereocenters. The Morgan fingerprint density at radius 3 is 2.59 bits per heavy atom. The third-order valence-electron chi connectivity index (χ3n) is 6.66. The minimum absolute atomic E-state index is 0.0643. The predicted molar refractivity (Wildman–Crippen MR) is 129 cm³/mol. The quantitative estimate of drug-likeness (QED) is 0.598. The van der Waals surface area contributed by atoms with E-state index in [4.69, 9.17) is 4.74 Å². The lowest BCUT2D eigenvalue weighted by atomic mass is 10.1. The van der Waals surface area contributed by atoms with Crippen LogP contribution in [0, 0.1) is 0 Å². The van der Waals surface area contributed by atoms with Gasteiger partial charge in [-0.15, -0.1) is 0 Å². The molecule has 2 amide bonds. The summed E-state index contributed by atoms with van der Waals surface area (Å²) < 4.78 is 7.54. The van der Waals surface area contributed by atoms with E-state index in [0.717, 1.165) is 32.4 Å². The number of nitrogens with zero attached hydrogens (tertiary/aromatic N) is 4. The Hall–Kier alpha value is -3.68. The number of carbonyl (C=O) groups is 2. The van der Waals surface area contributed by atoms with E-state index in [1.54, 1.807) is 30.1 Å². The number of likely N-dealkylation sites (tertiary alicyclic amines) is 1. The predicted octanol–water partition coefficient (Wildman–Crippen LogP) is 2.67. The van der Waals surface area contributed by atoms with Gasteiger partial charge in [0.1, 0.15) is 11.6 Å². The van der Waals surface area contributed by atoms with Gasteiger partial charge in [-0.3, -0.25) is 19.0 Å². The maximum absolute atomic E-state index is 13.4. The van der Waals surface area contributed by atoms with Gasteiger partial charge in [0.05, 0.1) is 23.1 Å². The molecule has 0 aliphatic carbocycles. The second kappa shape index (κ2) is 9.29. The van der Waals surface area contributed by atoms with Crippen LogP contribution in [0.4, 0.5) is 5.69 Å². The number of aromatic nitrogens is 2. The molecule has 5 rings (SSSR count). The van der Waals surface area contributed by atoms with Crippen molar-refractivity contribution in [1.29, 1.82) is 0 Å². The van der Waals surface area contributed by atoms with Crippen molar-refractivity contribution in [3.8, 4) is 5.75 Å². The fraction of sp³-hybridized carbons (Fsp3) is 0.385. The van der Waals surface area contributed by atoms with Gasteiger partial charge < -0.3 is 14.5 Å². The first-order valence-corrected chi connectivity index (χ1v) is 11.8. The molecule has 176 valence electrons.